The first-order chi connectivity index (χ1) is 15.5. The van der Waals surface area contributed by atoms with E-state index < -0.39 is 6.04 Å². The van der Waals surface area contributed by atoms with Crippen LogP contribution in [0, 0.1) is 0 Å². The van der Waals surface area contributed by atoms with Gasteiger partial charge in [-0.25, -0.2) is 4.68 Å². The minimum Gasteiger partial charge on any atom is -0.495 e. The number of anilines is 2. The van der Waals surface area contributed by atoms with Gasteiger partial charge in [-0.3, -0.25) is 4.79 Å². The number of nitrogens with zero attached hydrogens (tertiary/aromatic N) is 3. The predicted molar refractivity (Wildman–Crippen MR) is 126 cm³/mol. The van der Waals surface area contributed by atoms with Gasteiger partial charge in [0.15, 0.2) is 5.82 Å². The average molecular weight is 498 g/mol. The maximum absolute atomic E-state index is 13.5. The first-order valence-electron chi connectivity index (χ1n) is 10.3. The van der Waals surface area contributed by atoms with Crippen molar-refractivity contribution in [1.29, 1.82) is 0 Å². The zero-order valence-electron chi connectivity index (χ0n) is 17.8. The lowest BCUT2D eigenvalue weighted by atomic mass is 9.95. The van der Waals surface area contributed by atoms with Crippen LogP contribution in [0.5, 0.6) is 5.75 Å². The van der Waals surface area contributed by atoms with Crippen molar-refractivity contribution in [3.05, 3.63) is 75.7 Å². The van der Waals surface area contributed by atoms with Crippen molar-refractivity contribution in [2.75, 3.05) is 24.4 Å². The number of ether oxygens (including phenoxy) is 1. The highest BCUT2D eigenvalue weighted by Gasteiger charge is 2.34. The molecule has 1 atom stereocenters. The molecule has 4 rings (SSSR count). The molecule has 1 amide bonds. The molecule has 0 spiro atoms. The Kier molecular flexibility index (Phi) is 6.57. The molecule has 0 bridgehead atoms. The van der Waals surface area contributed by atoms with Gasteiger partial charge in [-0.1, -0.05) is 40.2 Å². The van der Waals surface area contributed by atoms with Gasteiger partial charge in [0.25, 0.3) is 5.91 Å². The van der Waals surface area contributed by atoms with Gasteiger partial charge in [0.1, 0.15) is 11.8 Å². The van der Waals surface area contributed by atoms with Gasteiger partial charge in [-0.2, -0.15) is 10.1 Å². The molecule has 2 heterocycles. The van der Waals surface area contributed by atoms with E-state index in [-0.39, 0.29) is 12.5 Å². The van der Waals surface area contributed by atoms with Gasteiger partial charge in [-0.05, 0) is 43.2 Å². The fraction of sp³-hybridized carbons (Fsp3) is 0.261. The molecule has 3 aromatic rings. The molecule has 32 heavy (non-hydrogen) atoms. The lowest BCUT2D eigenvalue weighted by molar-refractivity contribution is -0.113. The Hall–Kier alpha value is -3.17. The van der Waals surface area contributed by atoms with Crippen molar-refractivity contribution in [1.82, 2.24) is 14.8 Å². The highest BCUT2D eigenvalue weighted by Crippen LogP contribution is 2.36. The number of hydrogen-bond acceptors (Lipinski definition) is 6. The second-order valence-electron chi connectivity index (χ2n) is 7.40. The summed E-state index contributed by atoms with van der Waals surface area (Å²) in [5, 5.41) is 20.0. The maximum atomic E-state index is 13.5. The summed E-state index contributed by atoms with van der Waals surface area (Å²) in [7, 11) is 1.57. The van der Waals surface area contributed by atoms with Crippen molar-refractivity contribution in [2.24, 2.45) is 0 Å². The molecule has 1 aliphatic heterocycles. The van der Waals surface area contributed by atoms with Gasteiger partial charge < -0.3 is 20.5 Å². The molecule has 0 fully saturated rings. The Morgan fingerprint density at radius 1 is 1.25 bits per heavy atom. The second-order valence-corrected chi connectivity index (χ2v) is 8.31. The third-order valence-electron chi connectivity index (χ3n) is 5.24. The zero-order valence-corrected chi connectivity index (χ0v) is 19.4. The normalized spacial score (nSPS) is 15.2. The predicted octanol–water partition coefficient (Wildman–Crippen LogP) is 3.90. The summed E-state index contributed by atoms with van der Waals surface area (Å²) in [6.45, 7) is 1.92. The molecule has 3 N–H and O–H groups in total. The van der Waals surface area contributed by atoms with Gasteiger partial charge in [0.05, 0.1) is 18.4 Å². The van der Waals surface area contributed by atoms with E-state index in [2.05, 4.69) is 36.6 Å². The number of para-hydroxylation sites is 2. The smallest absolute Gasteiger partial charge is 0.255 e. The van der Waals surface area contributed by atoms with E-state index in [4.69, 9.17) is 4.74 Å². The van der Waals surface area contributed by atoms with Gasteiger partial charge in [0, 0.05) is 23.2 Å². The third-order valence-corrected chi connectivity index (χ3v) is 5.77. The van der Waals surface area contributed by atoms with E-state index in [0.717, 1.165) is 10.0 Å². The zero-order chi connectivity index (χ0) is 22.7. The summed E-state index contributed by atoms with van der Waals surface area (Å²) in [6.07, 6.45) is 1.12. The Morgan fingerprint density at radius 3 is 2.72 bits per heavy atom. The second kappa shape index (κ2) is 9.54. The summed E-state index contributed by atoms with van der Waals surface area (Å²) in [5.74, 6) is 1.50. The SMILES string of the molecule is COc1ccccc1NC(=O)C1=C(C)Nc2nc(CCCO)nn2[C@@H]1c1ccc(Br)cc1. The Balaban J connectivity index is 1.76. The number of aromatic nitrogens is 3. The van der Waals surface area contributed by atoms with Crippen molar-refractivity contribution >= 4 is 33.5 Å². The summed E-state index contributed by atoms with van der Waals surface area (Å²) in [6, 6.07) is 14.6. The number of nitrogens with one attached hydrogen (secondary N) is 2. The van der Waals surface area contributed by atoms with Crippen LogP contribution in [-0.4, -0.2) is 39.5 Å². The number of aryl methyl sites for hydroxylation is 1. The fourth-order valence-corrected chi connectivity index (χ4v) is 3.99. The molecule has 8 nitrogen and oxygen atoms in total. The van der Waals surface area contributed by atoms with E-state index >= 15 is 0 Å². The minimum atomic E-state index is -0.468. The van der Waals surface area contributed by atoms with E-state index in [9.17, 15) is 9.90 Å². The van der Waals surface area contributed by atoms with Crippen LogP contribution in [-0.2, 0) is 11.2 Å². The third kappa shape index (κ3) is 4.39. The number of halogens is 1. The molecule has 0 saturated carbocycles. The lowest BCUT2D eigenvalue weighted by Gasteiger charge is -2.29. The molecule has 0 unspecified atom stereocenters. The van der Waals surface area contributed by atoms with Crippen LogP contribution in [0.2, 0.25) is 0 Å². The van der Waals surface area contributed by atoms with E-state index in [1.807, 2.05) is 43.3 Å². The number of benzene rings is 2. The van der Waals surface area contributed by atoms with Crippen molar-refractivity contribution < 1.29 is 14.6 Å². The minimum absolute atomic E-state index is 0.0668. The van der Waals surface area contributed by atoms with E-state index in [1.165, 1.54) is 0 Å². The van der Waals surface area contributed by atoms with Crippen molar-refractivity contribution in [3.8, 4) is 5.75 Å². The Bertz CT molecular complexity index is 1160. The first-order valence-corrected chi connectivity index (χ1v) is 11.0. The number of aliphatic hydroxyl groups excluding tert-OH is 1. The molecular weight excluding hydrogens is 474 g/mol. The van der Waals surface area contributed by atoms with Crippen LogP contribution in [0.3, 0.4) is 0 Å². The molecule has 0 aliphatic carbocycles. The Morgan fingerprint density at radius 2 is 2.00 bits per heavy atom. The highest BCUT2D eigenvalue weighted by atomic mass is 79.9. The fourth-order valence-electron chi connectivity index (χ4n) is 3.72. The van der Waals surface area contributed by atoms with Crippen LogP contribution in [0.1, 0.15) is 30.8 Å². The number of hydrogen-bond donors (Lipinski definition) is 3. The molecule has 0 radical (unpaired) electrons. The largest absolute Gasteiger partial charge is 0.495 e. The summed E-state index contributed by atoms with van der Waals surface area (Å²) in [5.41, 5.74) is 2.71. The number of rotatable bonds is 7. The monoisotopic (exact) mass is 497 g/mol. The van der Waals surface area contributed by atoms with Gasteiger partial charge in [0.2, 0.25) is 5.95 Å². The van der Waals surface area contributed by atoms with E-state index in [1.54, 1.807) is 23.9 Å². The molecule has 166 valence electrons. The van der Waals surface area contributed by atoms with Crippen LogP contribution in [0.15, 0.2) is 64.3 Å². The molecule has 2 aromatic carbocycles. The number of methoxy groups -OCH3 is 1. The number of amides is 1. The van der Waals surface area contributed by atoms with E-state index in [0.29, 0.717) is 47.3 Å². The molecule has 9 heteroatoms. The molecule has 0 saturated heterocycles. The molecule has 1 aromatic heterocycles. The van der Waals surface area contributed by atoms with Gasteiger partial charge in [-0.15, -0.1) is 0 Å². The lowest BCUT2D eigenvalue weighted by Crippen LogP contribution is -2.31. The Labute approximate surface area is 194 Å². The maximum Gasteiger partial charge on any atom is 0.255 e. The van der Waals surface area contributed by atoms with Crippen LogP contribution in [0.4, 0.5) is 11.6 Å². The van der Waals surface area contributed by atoms with Crippen LogP contribution in [0.25, 0.3) is 0 Å². The van der Waals surface area contributed by atoms with Crippen molar-refractivity contribution in [2.45, 2.75) is 25.8 Å². The molecule has 1 aliphatic rings. The van der Waals surface area contributed by atoms with Crippen molar-refractivity contribution in [3.63, 3.8) is 0 Å². The standard InChI is InChI=1S/C23H24BrN5O3/c1-14-20(22(31)26-17-6-3-4-7-18(17)32-2)21(15-9-11-16(24)12-10-15)29-23(25-14)27-19(28-29)8-5-13-30/h3-4,6-7,9-12,21,30H,5,8,13H2,1-2H3,(H,26,31)(H,25,27,28)/t21-/m1/s1. The topological polar surface area (TPSA) is 101 Å². The quantitative estimate of drug-likeness (QED) is 0.457. The first kappa shape index (κ1) is 22.0. The summed E-state index contributed by atoms with van der Waals surface area (Å²) in [4.78, 5) is 18.1. The number of carbonyl (C=O) groups excluding carboxylic acids is 1. The number of aliphatic hydroxyl groups is 1. The highest BCUT2D eigenvalue weighted by molar-refractivity contribution is 9.10. The average Bonchev–Trinajstić information content (AvgIpc) is 3.20. The number of allylic oxidation sites excluding steroid dienone is 1. The summed E-state index contributed by atoms with van der Waals surface area (Å²) < 4.78 is 8.06. The van der Waals surface area contributed by atoms with Crippen LogP contribution >= 0.6 is 15.9 Å². The number of carbonyl (C=O) groups is 1. The molecular formula is C23H24BrN5O3. The van der Waals surface area contributed by atoms with Crippen LogP contribution < -0.4 is 15.4 Å². The summed E-state index contributed by atoms with van der Waals surface area (Å²) >= 11 is 3.47. The number of fused-ring (bicyclic) bond motifs is 1. The van der Waals surface area contributed by atoms with Gasteiger partial charge >= 0.3 is 0 Å².